The molecule has 5 atom stereocenters. The molecule has 6 rings (SSSR count). The van der Waals surface area contributed by atoms with Gasteiger partial charge in [0.25, 0.3) is 5.91 Å². The Balaban J connectivity index is 0.00000274. The first kappa shape index (κ1) is 25.0. The SMILES string of the molecule is C=CC1C[N@+]2(CC(=O)Nc3ccccc3Br)CCC1CC2C(O)c1ccnc2ccccc12.[Br-]. The number of aromatic nitrogens is 1. The number of hydrogen-bond acceptors (Lipinski definition) is 3. The zero-order valence-electron chi connectivity index (χ0n) is 18.9. The van der Waals surface area contributed by atoms with E-state index in [-0.39, 0.29) is 28.9 Å². The number of anilines is 1. The molecular formula is C27H29Br2N3O2. The van der Waals surface area contributed by atoms with E-state index in [4.69, 9.17) is 0 Å². The maximum absolute atomic E-state index is 13.3. The van der Waals surface area contributed by atoms with Gasteiger partial charge in [0.15, 0.2) is 6.54 Å². The summed E-state index contributed by atoms with van der Waals surface area (Å²) >= 11 is 3.52. The summed E-state index contributed by atoms with van der Waals surface area (Å²) in [4.78, 5) is 17.7. The van der Waals surface area contributed by atoms with Crippen molar-refractivity contribution < 1.29 is 31.4 Å². The molecule has 34 heavy (non-hydrogen) atoms. The van der Waals surface area contributed by atoms with Crippen LogP contribution < -0.4 is 22.3 Å². The topological polar surface area (TPSA) is 62.2 Å². The Labute approximate surface area is 219 Å². The van der Waals surface area contributed by atoms with Crippen molar-refractivity contribution in [1.82, 2.24) is 4.98 Å². The number of amides is 1. The van der Waals surface area contributed by atoms with Crippen molar-refractivity contribution in [3.63, 3.8) is 0 Å². The Morgan fingerprint density at radius 3 is 2.79 bits per heavy atom. The van der Waals surface area contributed by atoms with E-state index in [1.54, 1.807) is 6.20 Å². The number of quaternary nitrogens is 1. The smallest absolute Gasteiger partial charge is 0.279 e. The first-order valence-electron chi connectivity index (χ1n) is 11.6. The second-order valence-corrected chi connectivity index (χ2v) is 10.3. The summed E-state index contributed by atoms with van der Waals surface area (Å²) in [6.45, 7) is 6.14. The molecule has 4 unspecified atom stereocenters. The first-order chi connectivity index (χ1) is 16.0. The Morgan fingerprint density at radius 1 is 1.24 bits per heavy atom. The summed E-state index contributed by atoms with van der Waals surface area (Å²) < 4.78 is 1.45. The zero-order chi connectivity index (χ0) is 23.0. The van der Waals surface area contributed by atoms with E-state index >= 15 is 0 Å². The van der Waals surface area contributed by atoms with Gasteiger partial charge < -0.3 is 31.9 Å². The lowest BCUT2D eigenvalue weighted by molar-refractivity contribution is -0.966. The average Bonchev–Trinajstić information content (AvgIpc) is 2.84. The third kappa shape index (κ3) is 4.59. The van der Waals surface area contributed by atoms with Crippen molar-refractivity contribution in [2.75, 3.05) is 25.0 Å². The number of nitrogens with one attached hydrogen (secondary N) is 1. The van der Waals surface area contributed by atoms with Gasteiger partial charge >= 0.3 is 0 Å². The molecule has 178 valence electrons. The molecule has 3 aliphatic rings. The summed E-state index contributed by atoms with van der Waals surface area (Å²) in [5, 5.41) is 15.8. The van der Waals surface area contributed by atoms with E-state index in [1.807, 2.05) is 60.7 Å². The molecule has 3 aromatic rings. The number of pyridine rings is 1. The number of rotatable bonds is 6. The zero-order valence-corrected chi connectivity index (χ0v) is 22.1. The summed E-state index contributed by atoms with van der Waals surface area (Å²) in [6.07, 6.45) is 5.10. The highest BCUT2D eigenvalue weighted by Crippen LogP contribution is 2.47. The van der Waals surface area contributed by atoms with E-state index in [1.165, 1.54) is 0 Å². The second kappa shape index (κ2) is 10.3. The molecule has 3 saturated heterocycles. The number of hydrogen-bond donors (Lipinski definition) is 2. The number of aliphatic hydroxyl groups excluding tert-OH is 1. The van der Waals surface area contributed by atoms with Gasteiger partial charge in [0.05, 0.1) is 24.3 Å². The number of para-hydroxylation sites is 2. The number of carbonyl (C=O) groups is 1. The van der Waals surface area contributed by atoms with Crippen LogP contribution in [-0.4, -0.2) is 46.2 Å². The predicted octanol–water partition coefficient (Wildman–Crippen LogP) is 2.08. The molecule has 2 N–H and O–H groups in total. The highest BCUT2D eigenvalue weighted by molar-refractivity contribution is 9.10. The number of piperidine rings is 3. The van der Waals surface area contributed by atoms with Gasteiger partial charge in [0.2, 0.25) is 0 Å². The standard InChI is InChI=1S/C27H28BrN3O2.BrH/c1-2-18-16-31(17-26(32)30-24-10-6-4-8-22(24)28)14-12-19(18)15-25(31)27(33)21-11-13-29-23-9-5-3-7-20(21)23;/h2-11,13,18-19,25,27,33H,1,12,14-17H2;1H/t18?,19?,25?,27?,31-;/m0./s1. The predicted molar refractivity (Wildman–Crippen MR) is 135 cm³/mol. The summed E-state index contributed by atoms with van der Waals surface area (Å²) in [5.41, 5.74) is 2.55. The second-order valence-electron chi connectivity index (χ2n) is 9.42. The quantitative estimate of drug-likeness (QED) is 0.343. The fourth-order valence-electron chi connectivity index (χ4n) is 6.00. The number of fused-ring (bicyclic) bond motifs is 4. The van der Waals surface area contributed by atoms with Crippen LogP contribution in [0.5, 0.6) is 0 Å². The van der Waals surface area contributed by atoms with Gasteiger partial charge in [-0.15, -0.1) is 6.58 Å². The molecule has 0 radical (unpaired) electrons. The van der Waals surface area contributed by atoms with Crippen LogP contribution in [0.25, 0.3) is 10.9 Å². The van der Waals surface area contributed by atoms with Crippen molar-refractivity contribution in [2.24, 2.45) is 11.8 Å². The molecule has 2 aromatic carbocycles. The number of benzene rings is 2. The lowest BCUT2D eigenvalue weighted by atomic mass is 9.71. The molecule has 4 heterocycles. The fraction of sp³-hybridized carbons (Fsp3) is 0.333. The minimum absolute atomic E-state index is 0. The van der Waals surface area contributed by atoms with Gasteiger partial charge in [-0.25, -0.2) is 0 Å². The summed E-state index contributed by atoms with van der Waals surface area (Å²) in [5.74, 6) is 0.844. The monoisotopic (exact) mass is 585 g/mol. The van der Waals surface area contributed by atoms with Crippen molar-refractivity contribution in [3.05, 3.63) is 83.5 Å². The summed E-state index contributed by atoms with van der Waals surface area (Å²) in [6, 6.07) is 17.5. The first-order valence-corrected chi connectivity index (χ1v) is 12.3. The number of aliphatic hydroxyl groups is 1. The van der Waals surface area contributed by atoms with Gasteiger partial charge in [-0.2, -0.15) is 0 Å². The Bertz CT molecular complexity index is 1200. The lowest BCUT2D eigenvalue weighted by Crippen LogP contribution is -3.00. The molecular weight excluding hydrogens is 558 g/mol. The van der Waals surface area contributed by atoms with Crippen LogP contribution in [0.2, 0.25) is 0 Å². The lowest BCUT2D eigenvalue weighted by Gasteiger charge is -2.57. The van der Waals surface area contributed by atoms with Crippen molar-refractivity contribution in [2.45, 2.75) is 25.0 Å². The van der Waals surface area contributed by atoms with E-state index in [2.05, 4.69) is 32.8 Å². The highest BCUT2D eigenvalue weighted by Gasteiger charge is 2.54. The van der Waals surface area contributed by atoms with E-state index in [9.17, 15) is 9.90 Å². The van der Waals surface area contributed by atoms with Crippen LogP contribution in [0, 0.1) is 11.8 Å². The van der Waals surface area contributed by atoms with Gasteiger partial charge in [0.1, 0.15) is 12.1 Å². The maximum Gasteiger partial charge on any atom is 0.279 e. The van der Waals surface area contributed by atoms with Crippen molar-refractivity contribution in [1.29, 1.82) is 0 Å². The van der Waals surface area contributed by atoms with Gasteiger partial charge in [-0.3, -0.25) is 9.78 Å². The molecule has 0 saturated carbocycles. The third-order valence-electron chi connectivity index (χ3n) is 7.65. The highest BCUT2D eigenvalue weighted by atomic mass is 79.9. The number of nitrogens with zero attached hydrogens (tertiary/aromatic N) is 2. The van der Waals surface area contributed by atoms with Crippen LogP contribution in [0.1, 0.15) is 24.5 Å². The fourth-order valence-corrected chi connectivity index (χ4v) is 6.39. The van der Waals surface area contributed by atoms with Gasteiger partial charge in [-0.05, 0) is 51.7 Å². The molecule has 7 heteroatoms. The molecule has 3 fully saturated rings. The molecule has 5 nitrogen and oxygen atoms in total. The van der Waals surface area contributed by atoms with Crippen molar-refractivity contribution in [3.8, 4) is 0 Å². The molecule has 1 aromatic heterocycles. The number of carbonyl (C=O) groups excluding carboxylic acids is 1. The van der Waals surface area contributed by atoms with Crippen LogP contribution >= 0.6 is 15.9 Å². The minimum Gasteiger partial charge on any atom is -1.00 e. The maximum atomic E-state index is 13.3. The largest absolute Gasteiger partial charge is 1.00 e. The van der Waals surface area contributed by atoms with Crippen LogP contribution in [-0.2, 0) is 4.79 Å². The van der Waals surface area contributed by atoms with Gasteiger partial charge in [-0.1, -0.05) is 36.4 Å². The van der Waals surface area contributed by atoms with E-state index in [0.717, 1.165) is 52.6 Å². The van der Waals surface area contributed by atoms with Crippen LogP contribution in [0.4, 0.5) is 5.69 Å². The normalized spacial score (nSPS) is 26.5. The van der Waals surface area contributed by atoms with Crippen molar-refractivity contribution >= 4 is 38.4 Å². The molecule has 1 amide bonds. The molecule has 0 spiro atoms. The van der Waals surface area contributed by atoms with E-state index < -0.39 is 6.10 Å². The molecule has 0 aliphatic carbocycles. The average molecular weight is 587 g/mol. The number of halogens is 2. The molecule has 2 bridgehead atoms. The summed E-state index contributed by atoms with van der Waals surface area (Å²) in [7, 11) is 0. The third-order valence-corrected chi connectivity index (χ3v) is 8.34. The Kier molecular flexibility index (Phi) is 7.57. The van der Waals surface area contributed by atoms with Gasteiger partial charge in [0, 0.05) is 34.8 Å². The Hall–Kier alpha value is -2.06. The minimum atomic E-state index is -0.664. The van der Waals surface area contributed by atoms with Crippen LogP contribution in [0.15, 0.2) is 77.9 Å². The van der Waals surface area contributed by atoms with E-state index in [0.29, 0.717) is 22.9 Å². The molecule has 3 aliphatic heterocycles. The van der Waals surface area contributed by atoms with Crippen LogP contribution in [0.3, 0.4) is 0 Å². The Morgan fingerprint density at radius 2 is 2.00 bits per heavy atom.